The number of phenolic OH excluding ortho intramolecular Hbond substituents is 1. The van der Waals surface area contributed by atoms with E-state index in [0.29, 0.717) is 16.1 Å². The molecule has 2 heterocycles. The molecule has 0 fully saturated rings. The molecule has 0 aliphatic rings. The van der Waals surface area contributed by atoms with Gasteiger partial charge in [0.15, 0.2) is 0 Å². The summed E-state index contributed by atoms with van der Waals surface area (Å²) in [4.78, 5) is 4.51. The molecule has 0 saturated heterocycles. The largest absolute Gasteiger partial charge is 0.506 e. The summed E-state index contributed by atoms with van der Waals surface area (Å²) in [7, 11) is -4.01. The second kappa shape index (κ2) is 12.1. The average Bonchev–Trinajstić information content (AvgIpc) is 3.57. The summed E-state index contributed by atoms with van der Waals surface area (Å²) in [5, 5.41) is 26.1. The van der Waals surface area contributed by atoms with Gasteiger partial charge in [0.25, 0.3) is 10.0 Å². The second-order valence-electron chi connectivity index (χ2n) is 10.9. The number of benzene rings is 3. The van der Waals surface area contributed by atoms with E-state index in [9.17, 15) is 18.6 Å². The van der Waals surface area contributed by atoms with Crippen LogP contribution < -0.4 is 10.0 Å². The lowest BCUT2D eigenvalue weighted by Gasteiger charge is -2.28. The van der Waals surface area contributed by atoms with Crippen molar-refractivity contribution in [1.82, 2.24) is 14.9 Å². The molecule has 0 saturated carbocycles. The van der Waals surface area contributed by atoms with Gasteiger partial charge >= 0.3 is 0 Å². The molecule has 0 amide bonds. The van der Waals surface area contributed by atoms with Gasteiger partial charge in [0.1, 0.15) is 9.96 Å². The van der Waals surface area contributed by atoms with Gasteiger partial charge in [0.05, 0.1) is 23.8 Å². The lowest BCUT2D eigenvalue weighted by atomic mass is 9.99. The van der Waals surface area contributed by atoms with Crippen molar-refractivity contribution in [2.45, 2.75) is 49.6 Å². The van der Waals surface area contributed by atoms with E-state index in [4.69, 9.17) is 11.6 Å². The predicted octanol–water partition coefficient (Wildman–Crippen LogP) is 6.72. The molecule has 0 radical (unpaired) electrons. The molecule has 1 unspecified atom stereocenters. The van der Waals surface area contributed by atoms with Crippen LogP contribution in [0.1, 0.15) is 37.5 Å². The van der Waals surface area contributed by atoms with Crippen LogP contribution in [0.25, 0.3) is 21.3 Å². The van der Waals surface area contributed by atoms with E-state index < -0.39 is 16.1 Å². The van der Waals surface area contributed by atoms with E-state index in [1.54, 1.807) is 31.2 Å². The highest BCUT2D eigenvalue weighted by atomic mass is 35.5. The number of sulfonamides is 1. The van der Waals surface area contributed by atoms with Gasteiger partial charge in [-0.3, -0.25) is 4.72 Å². The van der Waals surface area contributed by atoms with Crippen molar-refractivity contribution in [2.75, 3.05) is 11.3 Å². The summed E-state index contributed by atoms with van der Waals surface area (Å²) in [5.41, 5.74) is 2.73. The van der Waals surface area contributed by atoms with Crippen molar-refractivity contribution in [1.29, 1.82) is 0 Å². The number of hydrogen-bond acceptors (Lipinski definition) is 7. The number of rotatable bonds is 11. The molecule has 5 aromatic rings. The Balaban J connectivity index is 1.22. The highest BCUT2D eigenvalue weighted by Gasteiger charge is 2.24. The summed E-state index contributed by atoms with van der Waals surface area (Å²) in [6.07, 6.45) is 3.69. The highest BCUT2D eigenvalue weighted by molar-refractivity contribution is 7.95. The lowest BCUT2D eigenvalue weighted by molar-refractivity contribution is 0.158. The van der Waals surface area contributed by atoms with E-state index in [1.165, 1.54) is 12.1 Å². The Hall–Kier alpha value is -3.41. The van der Waals surface area contributed by atoms with Crippen molar-refractivity contribution < 1.29 is 18.6 Å². The Morgan fingerprint density at radius 2 is 1.86 bits per heavy atom. The summed E-state index contributed by atoms with van der Waals surface area (Å²) < 4.78 is 32.1. The van der Waals surface area contributed by atoms with Gasteiger partial charge in [0, 0.05) is 40.1 Å². The van der Waals surface area contributed by atoms with Crippen LogP contribution in [0.3, 0.4) is 0 Å². The van der Waals surface area contributed by atoms with Gasteiger partial charge in [-0.2, -0.15) is 0 Å². The number of nitrogens with zero attached hydrogens (tertiary/aromatic N) is 2. The summed E-state index contributed by atoms with van der Waals surface area (Å²) in [6.45, 7) is 6.83. The Morgan fingerprint density at radius 1 is 1.10 bits per heavy atom. The van der Waals surface area contributed by atoms with E-state index in [-0.39, 0.29) is 27.7 Å². The lowest BCUT2D eigenvalue weighted by Crippen LogP contribution is -2.42. The smallest absolute Gasteiger partial charge is 0.271 e. The van der Waals surface area contributed by atoms with Gasteiger partial charge in [-0.25, -0.2) is 13.4 Å². The first kappa shape index (κ1) is 30.1. The summed E-state index contributed by atoms with van der Waals surface area (Å²) in [6, 6.07) is 19.7. The molecule has 0 aliphatic heterocycles. The number of nitrogens with one attached hydrogen (secondary N) is 2. The molecule has 5 rings (SSSR count). The Bertz CT molecular complexity index is 1820. The maximum Gasteiger partial charge on any atom is 0.271 e. The van der Waals surface area contributed by atoms with Crippen LogP contribution in [0.2, 0.25) is 5.02 Å². The minimum atomic E-state index is -4.01. The number of thiophene rings is 1. The fourth-order valence-electron chi connectivity index (χ4n) is 4.69. The van der Waals surface area contributed by atoms with Crippen LogP contribution in [0.15, 0.2) is 83.5 Å². The third-order valence-electron chi connectivity index (χ3n) is 7.22. The van der Waals surface area contributed by atoms with Crippen LogP contribution in [0.4, 0.5) is 5.69 Å². The van der Waals surface area contributed by atoms with Gasteiger partial charge in [-0.1, -0.05) is 48.0 Å². The molecule has 4 N–H and O–H groups in total. The standard InChI is InChI=1S/C31H33ClN4O4S2/c1-20-24-16-23(32)10-12-29(24)41-30(20)42(39,40)35-25-15-22(9-11-27(25)37)28(38)17-34-31(2,3)13-14-36-18-26(33-19-36)21-7-5-4-6-8-21/h4-12,15-16,18-19,28,34-35,37-38H,13-14,17H2,1-3H3. The predicted molar refractivity (Wildman–Crippen MR) is 170 cm³/mol. The number of aliphatic hydroxyl groups excluding tert-OH is 1. The second-order valence-corrected chi connectivity index (χ2v) is 14.3. The van der Waals surface area contributed by atoms with E-state index in [1.807, 2.05) is 47.4 Å². The molecule has 3 aromatic carbocycles. The zero-order valence-corrected chi connectivity index (χ0v) is 25.9. The molecule has 42 heavy (non-hydrogen) atoms. The number of imidazole rings is 1. The molecule has 11 heteroatoms. The van der Waals surface area contributed by atoms with Crippen molar-refractivity contribution in [2.24, 2.45) is 0 Å². The molecule has 1 atom stereocenters. The van der Waals surface area contributed by atoms with Crippen LogP contribution >= 0.6 is 22.9 Å². The van der Waals surface area contributed by atoms with Crippen LogP contribution in [0, 0.1) is 6.92 Å². The number of aromatic hydroxyl groups is 1. The third kappa shape index (κ3) is 6.79. The molecule has 2 aromatic heterocycles. The number of hydrogen-bond donors (Lipinski definition) is 4. The Morgan fingerprint density at radius 3 is 2.62 bits per heavy atom. The molecular weight excluding hydrogens is 592 g/mol. The molecule has 0 spiro atoms. The minimum absolute atomic E-state index is 0.00460. The normalized spacial score (nSPS) is 13.0. The number of aliphatic hydroxyl groups is 1. The number of aryl methyl sites for hydroxylation is 2. The highest BCUT2D eigenvalue weighted by Crippen LogP contribution is 2.37. The van der Waals surface area contributed by atoms with E-state index >= 15 is 0 Å². The fourth-order valence-corrected chi connectivity index (χ4v) is 7.67. The molecular formula is C31H33ClN4O4S2. The SMILES string of the molecule is Cc1c(S(=O)(=O)Nc2cc(C(O)CNC(C)(C)CCn3cnc(-c4ccccc4)c3)ccc2O)sc2ccc(Cl)cc12. The molecule has 8 nitrogen and oxygen atoms in total. The number of β-amino-alcohol motifs (C(OH)–C–C–N with tert-alkyl or cyclic N) is 1. The van der Waals surface area contributed by atoms with Crippen molar-refractivity contribution in [3.8, 4) is 17.0 Å². The van der Waals surface area contributed by atoms with Crippen LogP contribution in [-0.2, 0) is 16.6 Å². The van der Waals surface area contributed by atoms with Gasteiger partial charge in [-0.15, -0.1) is 11.3 Å². The van der Waals surface area contributed by atoms with Crippen molar-refractivity contribution in [3.63, 3.8) is 0 Å². The molecule has 220 valence electrons. The Labute approximate surface area is 254 Å². The topological polar surface area (TPSA) is 116 Å². The maximum atomic E-state index is 13.3. The Kier molecular flexibility index (Phi) is 8.63. The van der Waals surface area contributed by atoms with Crippen molar-refractivity contribution in [3.05, 3.63) is 95.4 Å². The quantitative estimate of drug-likeness (QED) is 0.121. The van der Waals surface area contributed by atoms with E-state index in [0.717, 1.165) is 45.6 Å². The van der Waals surface area contributed by atoms with Gasteiger partial charge in [0.2, 0.25) is 0 Å². The minimum Gasteiger partial charge on any atom is -0.506 e. The first-order valence-electron chi connectivity index (χ1n) is 13.5. The average molecular weight is 625 g/mol. The van der Waals surface area contributed by atoms with Crippen LogP contribution in [-0.4, -0.2) is 40.3 Å². The first-order valence-corrected chi connectivity index (χ1v) is 16.1. The third-order valence-corrected chi connectivity index (χ3v) is 10.7. The van der Waals surface area contributed by atoms with Gasteiger partial charge in [-0.05, 0) is 74.0 Å². The van der Waals surface area contributed by atoms with E-state index in [2.05, 4.69) is 28.9 Å². The van der Waals surface area contributed by atoms with Crippen molar-refractivity contribution >= 4 is 48.7 Å². The number of halogens is 1. The summed E-state index contributed by atoms with van der Waals surface area (Å²) >= 11 is 7.24. The number of fused-ring (bicyclic) bond motifs is 1. The monoisotopic (exact) mass is 624 g/mol. The fraction of sp³-hybridized carbons (Fsp3) is 0.258. The zero-order chi connectivity index (χ0) is 30.1. The number of anilines is 1. The molecule has 0 aliphatic carbocycles. The summed E-state index contributed by atoms with van der Waals surface area (Å²) in [5.74, 6) is -0.236. The first-order chi connectivity index (χ1) is 19.9. The van der Waals surface area contributed by atoms with Gasteiger partial charge < -0.3 is 20.1 Å². The number of phenols is 1. The zero-order valence-electron chi connectivity index (χ0n) is 23.5. The maximum absolute atomic E-state index is 13.3. The van der Waals surface area contributed by atoms with Crippen LogP contribution in [0.5, 0.6) is 5.75 Å². The molecule has 0 bridgehead atoms. The number of aromatic nitrogens is 2.